The summed E-state index contributed by atoms with van der Waals surface area (Å²) in [7, 11) is -3.34. The Morgan fingerprint density at radius 2 is 2.16 bits per heavy atom. The number of hydrogen-bond donors (Lipinski definition) is 1. The quantitative estimate of drug-likeness (QED) is 0.885. The molecule has 1 heterocycles. The minimum absolute atomic E-state index is 0.0603. The van der Waals surface area contributed by atoms with Crippen LogP contribution in [0.5, 0.6) is 0 Å². The van der Waals surface area contributed by atoms with Gasteiger partial charge in [0.1, 0.15) is 10.9 Å². The fraction of sp³-hybridized carbons (Fsp3) is 0.667. The smallest absolute Gasteiger partial charge is 0.328 e. The van der Waals surface area contributed by atoms with Crippen LogP contribution in [0.25, 0.3) is 0 Å². The van der Waals surface area contributed by atoms with Crippen molar-refractivity contribution in [2.45, 2.75) is 43.0 Å². The summed E-state index contributed by atoms with van der Waals surface area (Å²) in [4.78, 5) is 11.4. The molecule has 7 heteroatoms. The number of carboxylic acid groups (broad SMARTS) is 1. The highest BCUT2D eigenvalue weighted by atomic mass is 32.2. The first-order chi connectivity index (χ1) is 8.88. The number of carbonyl (C=O) groups is 1. The first-order valence-electron chi connectivity index (χ1n) is 6.35. The third-order valence-electron chi connectivity index (χ3n) is 3.64. The van der Waals surface area contributed by atoms with Crippen LogP contribution in [-0.4, -0.2) is 35.5 Å². The molecular formula is C12H18N2O4S. The Kier molecular flexibility index (Phi) is 3.93. The van der Waals surface area contributed by atoms with Gasteiger partial charge in [0.25, 0.3) is 0 Å². The average Bonchev–Trinajstić information content (AvgIpc) is 2.95. The summed E-state index contributed by atoms with van der Waals surface area (Å²) >= 11 is 0. The van der Waals surface area contributed by atoms with E-state index < -0.39 is 21.8 Å². The van der Waals surface area contributed by atoms with E-state index in [1.54, 1.807) is 0 Å². The van der Waals surface area contributed by atoms with Gasteiger partial charge in [0.2, 0.25) is 0 Å². The molecule has 1 saturated carbocycles. The SMILES string of the molecule is CS(=O)(=O)c1cnn([C@@H](CC2CCCC2)C(=O)O)c1. The van der Waals surface area contributed by atoms with E-state index in [1.807, 2.05) is 0 Å². The number of rotatable bonds is 5. The van der Waals surface area contributed by atoms with Crippen LogP contribution < -0.4 is 0 Å². The van der Waals surface area contributed by atoms with E-state index in [4.69, 9.17) is 0 Å². The lowest BCUT2D eigenvalue weighted by Crippen LogP contribution is -2.22. The monoisotopic (exact) mass is 286 g/mol. The van der Waals surface area contributed by atoms with Gasteiger partial charge in [0.05, 0.1) is 6.20 Å². The van der Waals surface area contributed by atoms with Gasteiger partial charge in [0, 0.05) is 12.5 Å². The van der Waals surface area contributed by atoms with Gasteiger partial charge in [-0.2, -0.15) is 5.10 Å². The first-order valence-corrected chi connectivity index (χ1v) is 8.24. The van der Waals surface area contributed by atoms with Crippen LogP contribution in [-0.2, 0) is 14.6 Å². The van der Waals surface area contributed by atoms with Gasteiger partial charge in [-0.05, 0) is 12.3 Å². The number of carboxylic acids is 1. The van der Waals surface area contributed by atoms with Crippen molar-refractivity contribution < 1.29 is 18.3 Å². The molecule has 1 aromatic rings. The van der Waals surface area contributed by atoms with Crippen molar-refractivity contribution in [2.24, 2.45) is 5.92 Å². The summed E-state index contributed by atoms with van der Waals surface area (Å²) in [6.07, 6.45) is 8.49. The molecule has 0 aliphatic heterocycles. The molecule has 0 aromatic carbocycles. The third kappa shape index (κ3) is 3.34. The summed E-state index contributed by atoms with van der Waals surface area (Å²) in [5.74, 6) is -0.568. The predicted octanol–water partition coefficient (Wildman–Crippen LogP) is 1.49. The van der Waals surface area contributed by atoms with Gasteiger partial charge in [-0.25, -0.2) is 13.2 Å². The molecule has 0 radical (unpaired) electrons. The average molecular weight is 286 g/mol. The van der Waals surface area contributed by atoms with Gasteiger partial charge in [-0.3, -0.25) is 4.68 Å². The highest BCUT2D eigenvalue weighted by Crippen LogP contribution is 2.32. The highest BCUT2D eigenvalue weighted by molar-refractivity contribution is 7.90. The van der Waals surface area contributed by atoms with Gasteiger partial charge in [0.15, 0.2) is 9.84 Å². The molecule has 0 bridgehead atoms. The fourth-order valence-electron chi connectivity index (χ4n) is 2.57. The van der Waals surface area contributed by atoms with E-state index >= 15 is 0 Å². The van der Waals surface area contributed by atoms with Crippen LogP contribution in [0.2, 0.25) is 0 Å². The molecule has 106 valence electrons. The zero-order chi connectivity index (χ0) is 14.0. The molecule has 1 aliphatic rings. The number of sulfone groups is 1. The Morgan fingerprint density at radius 1 is 1.53 bits per heavy atom. The van der Waals surface area contributed by atoms with E-state index in [0.717, 1.165) is 31.9 Å². The normalized spacial score (nSPS) is 18.6. The molecular weight excluding hydrogens is 268 g/mol. The van der Waals surface area contributed by atoms with E-state index in [2.05, 4.69) is 5.10 Å². The maximum atomic E-state index is 11.4. The second kappa shape index (κ2) is 5.32. The number of aliphatic carboxylic acids is 1. The molecule has 2 rings (SSSR count). The number of nitrogens with zero attached hydrogens (tertiary/aromatic N) is 2. The summed E-state index contributed by atoms with van der Waals surface area (Å²) < 4.78 is 24.0. The van der Waals surface area contributed by atoms with Crippen LogP contribution in [0.1, 0.15) is 38.1 Å². The zero-order valence-electron chi connectivity index (χ0n) is 10.8. The van der Waals surface area contributed by atoms with Gasteiger partial charge >= 0.3 is 5.97 Å². The van der Waals surface area contributed by atoms with Crippen LogP contribution >= 0.6 is 0 Å². The van der Waals surface area contributed by atoms with E-state index in [-0.39, 0.29) is 4.90 Å². The van der Waals surface area contributed by atoms with E-state index in [1.165, 1.54) is 17.1 Å². The maximum Gasteiger partial charge on any atom is 0.328 e. The Labute approximate surface area is 112 Å². The molecule has 1 fully saturated rings. The van der Waals surface area contributed by atoms with Crippen molar-refractivity contribution in [2.75, 3.05) is 6.26 Å². The lowest BCUT2D eigenvalue weighted by molar-refractivity contribution is -0.141. The number of aromatic nitrogens is 2. The van der Waals surface area contributed by atoms with Crippen molar-refractivity contribution in [1.82, 2.24) is 9.78 Å². The molecule has 0 spiro atoms. The fourth-order valence-corrected chi connectivity index (χ4v) is 3.10. The van der Waals surface area contributed by atoms with E-state index in [9.17, 15) is 18.3 Å². The lowest BCUT2D eigenvalue weighted by atomic mass is 9.98. The van der Waals surface area contributed by atoms with Crippen molar-refractivity contribution >= 4 is 15.8 Å². The summed E-state index contributed by atoms with van der Waals surface area (Å²) in [6.45, 7) is 0. The van der Waals surface area contributed by atoms with Crippen molar-refractivity contribution in [3.8, 4) is 0 Å². The first kappa shape index (κ1) is 14.0. The standard InChI is InChI=1S/C12H18N2O4S/c1-19(17,18)10-7-13-14(8-10)11(12(15)16)6-9-4-2-3-5-9/h7-9,11H,2-6H2,1H3,(H,15,16)/t11-/m0/s1. The minimum atomic E-state index is -3.34. The van der Waals surface area contributed by atoms with E-state index in [0.29, 0.717) is 12.3 Å². The second-order valence-corrected chi connectivity index (χ2v) is 7.18. The van der Waals surface area contributed by atoms with Crippen LogP contribution in [0.15, 0.2) is 17.3 Å². The molecule has 6 nitrogen and oxygen atoms in total. The molecule has 19 heavy (non-hydrogen) atoms. The van der Waals surface area contributed by atoms with Crippen molar-refractivity contribution in [3.63, 3.8) is 0 Å². The molecule has 0 unspecified atom stereocenters. The van der Waals surface area contributed by atoms with Gasteiger partial charge in [-0.15, -0.1) is 0 Å². The lowest BCUT2D eigenvalue weighted by Gasteiger charge is -2.16. The Morgan fingerprint density at radius 3 is 2.63 bits per heavy atom. The largest absolute Gasteiger partial charge is 0.480 e. The molecule has 0 amide bonds. The Balaban J connectivity index is 2.19. The minimum Gasteiger partial charge on any atom is -0.480 e. The molecule has 1 atom stereocenters. The molecule has 1 aliphatic carbocycles. The Hall–Kier alpha value is -1.37. The summed E-state index contributed by atoms with van der Waals surface area (Å²) in [6, 6.07) is -0.779. The summed E-state index contributed by atoms with van der Waals surface area (Å²) in [5, 5.41) is 13.2. The van der Waals surface area contributed by atoms with Crippen molar-refractivity contribution in [1.29, 1.82) is 0 Å². The van der Waals surface area contributed by atoms with Crippen LogP contribution in [0.3, 0.4) is 0 Å². The highest BCUT2D eigenvalue weighted by Gasteiger charge is 2.27. The Bertz CT molecular complexity index is 558. The van der Waals surface area contributed by atoms with Gasteiger partial charge in [-0.1, -0.05) is 25.7 Å². The zero-order valence-corrected chi connectivity index (χ0v) is 11.6. The molecule has 1 aromatic heterocycles. The van der Waals surface area contributed by atoms with Crippen LogP contribution in [0, 0.1) is 5.92 Å². The maximum absolute atomic E-state index is 11.4. The molecule has 0 saturated heterocycles. The topological polar surface area (TPSA) is 89.3 Å². The molecule has 1 N–H and O–H groups in total. The van der Waals surface area contributed by atoms with Crippen molar-refractivity contribution in [3.05, 3.63) is 12.4 Å². The predicted molar refractivity (Wildman–Crippen MR) is 68.6 cm³/mol. The third-order valence-corrected chi connectivity index (χ3v) is 4.71. The second-order valence-electron chi connectivity index (χ2n) is 5.17. The van der Waals surface area contributed by atoms with Gasteiger partial charge < -0.3 is 5.11 Å². The van der Waals surface area contributed by atoms with Crippen LogP contribution in [0.4, 0.5) is 0 Å². The number of hydrogen-bond acceptors (Lipinski definition) is 4. The summed E-state index contributed by atoms with van der Waals surface area (Å²) in [5.41, 5.74) is 0.